The molecule has 3 unspecified atom stereocenters. The molecule has 0 bridgehead atoms. The fraction of sp³-hybridized carbons (Fsp3) is 0.550. The summed E-state index contributed by atoms with van der Waals surface area (Å²) in [5.41, 5.74) is 2.34. The van der Waals surface area contributed by atoms with E-state index in [2.05, 4.69) is 24.5 Å². The number of benzene rings is 1. The largest absolute Gasteiger partial charge is 0.493 e. The van der Waals surface area contributed by atoms with Gasteiger partial charge < -0.3 is 14.8 Å². The van der Waals surface area contributed by atoms with E-state index in [4.69, 9.17) is 9.47 Å². The Hall–Kier alpha value is -1.66. The monoisotopic (exact) mass is 374 g/mol. The number of rotatable bonds is 5. The van der Waals surface area contributed by atoms with E-state index in [1.807, 2.05) is 30.0 Å². The summed E-state index contributed by atoms with van der Waals surface area (Å²) in [4.78, 5) is 14.2. The van der Waals surface area contributed by atoms with Gasteiger partial charge in [-0.15, -0.1) is 11.8 Å². The van der Waals surface area contributed by atoms with Crippen molar-refractivity contribution < 1.29 is 14.3 Å². The maximum Gasteiger partial charge on any atom is 0.231 e. The maximum atomic E-state index is 12.7. The molecule has 2 aliphatic heterocycles. The highest BCUT2D eigenvalue weighted by molar-refractivity contribution is 8.04. The molecule has 2 heterocycles. The van der Waals surface area contributed by atoms with E-state index in [9.17, 15) is 4.79 Å². The molecule has 3 atom stereocenters. The third kappa shape index (κ3) is 3.21. The molecular weight excluding hydrogens is 348 g/mol. The Bertz CT molecular complexity index is 747. The van der Waals surface area contributed by atoms with Crippen molar-refractivity contribution in [3.8, 4) is 11.5 Å². The molecule has 5 nitrogen and oxygen atoms in total. The number of carbonyl (C=O) groups is 1. The molecule has 2 N–H and O–H groups in total. The molecule has 0 spiro atoms. The lowest BCUT2D eigenvalue weighted by Gasteiger charge is -2.35. The van der Waals surface area contributed by atoms with Crippen LogP contribution in [-0.4, -0.2) is 25.0 Å². The number of allylic oxidation sites excluding steroid dienone is 1. The van der Waals surface area contributed by atoms with E-state index in [0.29, 0.717) is 18.3 Å². The van der Waals surface area contributed by atoms with Gasteiger partial charge in [0.25, 0.3) is 0 Å². The lowest BCUT2D eigenvalue weighted by atomic mass is 9.94. The number of fused-ring (bicyclic) bond motifs is 2. The summed E-state index contributed by atoms with van der Waals surface area (Å²) >= 11 is 1.84. The Labute approximate surface area is 158 Å². The van der Waals surface area contributed by atoms with Crippen LogP contribution in [0.3, 0.4) is 0 Å². The highest BCUT2D eigenvalue weighted by Crippen LogP contribution is 2.51. The van der Waals surface area contributed by atoms with Crippen molar-refractivity contribution in [1.82, 2.24) is 10.6 Å². The van der Waals surface area contributed by atoms with Gasteiger partial charge >= 0.3 is 0 Å². The van der Waals surface area contributed by atoms with E-state index < -0.39 is 0 Å². The SMILES string of the molecule is COc1cc(C2NC(=O)C3C4=C(CCC4)SC3N2)ccc1OCC(C)C. The third-order valence-electron chi connectivity index (χ3n) is 5.15. The Morgan fingerprint density at radius 3 is 2.88 bits per heavy atom. The van der Waals surface area contributed by atoms with Gasteiger partial charge in [-0.1, -0.05) is 19.9 Å². The first kappa shape index (κ1) is 17.7. The predicted octanol–water partition coefficient (Wildman–Crippen LogP) is 3.58. The van der Waals surface area contributed by atoms with Gasteiger partial charge in [0, 0.05) is 0 Å². The standard InChI is InChI=1S/C20H26N2O3S/c1-11(2)10-25-14-8-7-12(9-15(14)24-3)18-21-19(23)17-13-5-4-6-16(13)26-20(17)22-18/h7-9,11,17-18,20,22H,4-6,10H2,1-3H3,(H,21,23). The van der Waals surface area contributed by atoms with Crippen LogP contribution in [0.4, 0.5) is 0 Å². The van der Waals surface area contributed by atoms with Crippen molar-refractivity contribution in [2.24, 2.45) is 11.8 Å². The summed E-state index contributed by atoms with van der Waals surface area (Å²) in [5, 5.41) is 6.89. The number of hydrogen-bond acceptors (Lipinski definition) is 5. The number of methoxy groups -OCH3 is 1. The molecule has 0 radical (unpaired) electrons. The molecular formula is C20H26N2O3S. The number of thioether (sulfide) groups is 1. The Kier molecular flexibility index (Phi) is 4.88. The number of hydrogen-bond donors (Lipinski definition) is 2. The van der Waals surface area contributed by atoms with Crippen LogP contribution in [0.1, 0.15) is 44.8 Å². The number of nitrogens with one attached hydrogen (secondary N) is 2. The van der Waals surface area contributed by atoms with Crippen LogP contribution in [0.25, 0.3) is 0 Å². The molecule has 1 saturated heterocycles. The van der Waals surface area contributed by atoms with Crippen molar-refractivity contribution in [3.63, 3.8) is 0 Å². The molecule has 26 heavy (non-hydrogen) atoms. The summed E-state index contributed by atoms with van der Waals surface area (Å²) in [5.74, 6) is 2.01. The molecule has 6 heteroatoms. The summed E-state index contributed by atoms with van der Waals surface area (Å²) < 4.78 is 11.3. The van der Waals surface area contributed by atoms with Crippen LogP contribution >= 0.6 is 11.8 Å². The zero-order valence-electron chi connectivity index (χ0n) is 15.5. The highest BCUT2D eigenvalue weighted by Gasteiger charge is 2.46. The molecule has 0 aromatic heterocycles. The molecule has 1 aromatic rings. The predicted molar refractivity (Wildman–Crippen MR) is 103 cm³/mol. The first-order valence-electron chi connectivity index (χ1n) is 9.32. The van der Waals surface area contributed by atoms with Crippen molar-refractivity contribution >= 4 is 17.7 Å². The average Bonchev–Trinajstić information content (AvgIpc) is 3.20. The fourth-order valence-electron chi connectivity index (χ4n) is 3.89. The summed E-state index contributed by atoms with van der Waals surface area (Å²) in [6.07, 6.45) is 3.18. The lowest BCUT2D eigenvalue weighted by Crippen LogP contribution is -2.54. The second kappa shape index (κ2) is 7.16. The smallest absolute Gasteiger partial charge is 0.231 e. The number of amides is 1. The van der Waals surface area contributed by atoms with Crippen LogP contribution < -0.4 is 20.1 Å². The minimum Gasteiger partial charge on any atom is -0.493 e. The quantitative estimate of drug-likeness (QED) is 0.825. The van der Waals surface area contributed by atoms with Gasteiger partial charge in [-0.2, -0.15) is 0 Å². The molecule has 3 aliphatic rings. The van der Waals surface area contributed by atoms with Gasteiger partial charge in [-0.3, -0.25) is 10.1 Å². The molecule has 1 fully saturated rings. The average molecular weight is 375 g/mol. The van der Waals surface area contributed by atoms with Crippen molar-refractivity contribution in [2.75, 3.05) is 13.7 Å². The topological polar surface area (TPSA) is 59.6 Å². The Morgan fingerprint density at radius 2 is 2.12 bits per heavy atom. The second-order valence-electron chi connectivity index (χ2n) is 7.54. The first-order valence-corrected chi connectivity index (χ1v) is 10.2. The van der Waals surface area contributed by atoms with Crippen LogP contribution in [0.5, 0.6) is 11.5 Å². The Balaban J connectivity index is 1.51. The first-order chi connectivity index (χ1) is 12.6. The van der Waals surface area contributed by atoms with Gasteiger partial charge in [0.2, 0.25) is 5.91 Å². The lowest BCUT2D eigenvalue weighted by molar-refractivity contribution is -0.127. The Morgan fingerprint density at radius 1 is 1.27 bits per heavy atom. The molecule has 1 aliphatic carbocycles. The van der Waals surface area contributed by atoms with E-state index in [-0.39, 0.29) is 23.4 Å². The number of ether oxygens (including phenoxy) is 2. The molecule has 0 saturated carbocycles. The molecule has 4 rings (SSSR count). The molecule has 140 valence electrons. The minimum atomic E-state index is -0.204. The van der Waals surface area contributed by atoms with Crippen LogP contribution in [0.15, 0.2) is 28.7 Å². The van der Waals surface area contributed by atoms with Crippen molar-refractivity contribution in [3.05, 3.63) is 34.2 Å². The van der Waals surface area contributed by atoms with Crippen LogP contribution in [0, 0.1) is 11.8 Å². The second-order valence-corrected chi connectivity index (χ2v) is 8.78. The highest BCUT2D eigenvalue weighted by atomic mass is 32.2. The normalized spacial score (nSPS) is 27.4. The van der Waals surface area contributed by atoms with E-state index in [1.165, 1.54) is 16.9 Å². The van der Waals surface area contributed by atoms with Crippen LogP contribution in [0.2, 0.25) is 0 Å². The van der Waals surface area contributed by atoms with Crippen molar-refractivity contribution in [1.29, 1.82) is 0 Å². The van der Waals surface area contributed by atoms with E-state index in [1.54, 1.807) is 7.11 Å². The molecule has 1 aromatic carbocycles. The van der Waals surface area contributed by atoms with Gasteiger partial charge in [-0.25, -0.2) is 0 Å². The van der Waals surface area contributed by atoms with Gasteiger partial charge in [0.1, 0.15) is 6.17 Å². The minimum absolute atomic E-state index is 0.00991. The summed E-state index contributed by atoms with van der Waals surface area (Å²) in [6, 6.07) is 5.88. The van der Waals surface area contributed by atoms with Crippen LogP contribution in [-0.2, 0) is 4.79 Å². The molecule has 1 amide bonds. The fourth-order valence-corrected chi connectivity index (χ4v) is 5.47. The summed E-state index contributed by atoms with van der Waals surface area (Å²) in [6.45, 7) is 4.87. The third-order valence-corrected chi connectivity index (χ3v) is 6.56. The zero-order chi connectivity index (χ0) is 18.3. The van der Waals surface area contributed by atoms with Crippen molar-refractivity contribution in [2.45, 2.75) is 44.6 Å². The van der Waals surface area contributed by atoms with Gasteiger partial charge in [-0.05, 0) is 53.4 Å². The van der Waals surface area contributed by atoms with E-state index >= 15 is 0 Å². The van der Waals surface area contributed by atoms with E-state index in [0.717, 1.165) is 24.2 Å². The zero-order valence-corrected chi connectivity index (χ0v) is 16.3. The van der Waals surface area contributed by atoms with Gasteiger partial charge in [0.15, 0.2) is 11.5 Å². The van der Waals surface area contributed by atoms with Gasteiger partial charge in [0.05, 0.1) is 25.0 Å². The maximum absolute atomic E-state index is 12.7. The summed E-state index contributed by atoms with van der Waals surface area (Å²) in [7, 11) is 1.64. The number of carbonyl (C=O) groups excluding carboxylic acids is 1.